The fourth-order valence-corrected chi connectivity index (χ4v) is 2.75. The molecular formula is C14H16BrNOS. The topological polar surface area (TPSA) is 29.1 Å². The molecule has 1 N–H and O–H groups in total. The first kappa shape index (κ1) is 13.6. The van der Waals surface area contributed by atoms with Crippen LogP contribution in [0.1, 0.15) is 24.2 Å². The molecule has 0 unspecified atom stereocenters. The number of hydrogen-bond donors (Lipinski definition) is 1. The number of alkyl halides is 1. The van der Waals surface area contributed by atoms with Gasteiger partial charge in [0.1, 0.15) is 0 Å². The van der Waals surface area contributed by atoms with E-state index in [0.717, 1.165) is 21.0 Å². The van der Waals surface area contributed by atoms with Gasteiger partial charge in [0, 0.05) is 27.3 Å². The van der Waals surface area contributed by atoms with Crippen LogP contribution in [0.5, 0.6) is 0 Å². The average Bonchev–Trinajstić information content (AvgIpc) is 2.80. The van der Waals surface area contributed by atoms with Crippen LogP contribution < -0.4 is 5.32 Å². The summed E-state index contributed by atoms with van der Waals surface area (Å²) in [5.41, 5.74) is 0.850. The number of thiophene rings is 1. The number of hydrogen-bond acceptors (Lipinski definition) is 2. The van der Waals surface area contributed by atoms with Crippen molar-refractivity contribution >= 4 is 43.3 Å². The van der Waals surface area contributed by atoms with Crippen molar-refractivity contribution in [3.05, 3.63) is 35.2 Å². The number of carbonyl (C=O) groups is 1. The Morgan fingerprint density at radius 3 is 2.83 bits per heavy atom. The van der Waals surface area contributed by atoms with Gasteiger partial charge < -0.3 is 5.32 Å². The molecular weight excluding hydrogens is 310 g/mol. The Labute approximate surface area is 120 Å². The first-order chi connectivity index (χ1) is 8.53. The average molecular weight is 326 g/mol. The van der Waals surface area contributed by atoms with Crippen molar-refractivity contribution in [1.82, 2.24) is 5.32 Å². The van der Waals surface area contributed by atoms with E-state index in [1.54, 1.807) is 11.3 Å². The Hall–Kier alpha value is -0.870. The molecule has 1 aromatic carbocycles. The normalized spacial score (nSPS) is 11.7. The van der Waals surface area contributed by atoms with Crippen LogP contribution >= 0.6 is 27.3 Å². The lowest BCUT2D eigenvalue weighted by Gasteiger charge is -2.21. The molecule has 0 bridgehead atoms. The third kappa shape index (κ3) is 2.93. The Morgan fingerprint density at radius 2 is 2.11 bits per heavy atom. The van der Waals surface area contributed by atoms with Gasteiger partial charge in [-0.3, -0.25) is 4.79 Å². The monoisotopic (exact) mass is 325 g/mol. The Balaban J connectivity index is 2.14. The fraction of sp³-hybridized carbons (Fsp3) is 0.357. The summed E-state index contributed by atoms with van der Waals surface area (Å²) in [5.74, 6) is 0.0153. The molecule has 0 atom stereocenters. The molecule has 2 nitrogen and oxygen atoms in total. The lowest BCUT2D eigenvalue weighted by Crippen LogP contribution is -2.34. The number of rotatable bonds is 4. The lowest BCUT2D eigenvalue weighted by atomic mass is 9.97. The van der Waals surface area contributed by atoms with Gasteiger partial charge in [-0.2, -0.15) is 0 Å². The highest BCUT2D eigenvalue weighted by molar-refractivity contribution is 9.09. The highest BCUT2D eigenvalue weighted by Gasteiger charge is 2.18. The van der Waals surface area contributed by atoms with Crippen LogP contribution in [0, 0.1) is 5.41 Å². The molecule has 2 aromatic rings. The number of benzene rings is 1. The second-order valence-corrected chi connectivity index (χ2v) is 6.60. The van der Waals surface area contributed by atoms with E-state index in [0.29, 0.717) is 6.54 Å². The quantitative estimate of drug-likeness (QED) is 0.844. The van der Waals surface area contributed by atoms with Crippen molar-refractivity contribution in [3.63, 3.8) is 0 Å². The van der Waals surface area contributed by atoms with Gasteiger partial charge in [-0.05, 0) is 11.5 Å². The summed E-state index contributed by atoms with van der Waals surface area (Å²) in [6.45, 7) is 4.91. The number of amides is 1. The summed E-state index contributed by atoms with van der Waals surface area (Å²) in [5, 5.41) is 6.84. The van der Waals surface area contributed by atoms with Gasteiger partial charge in [0.2, 0.25) is 0 Å². The van der Waals surface area contributed by atoms with E-state index in [1.807, 2.05) is 29.6 Å². The zero-order valence-electron chi connectivity index (χ0n) is 10.5. The van der Waals surface area contributed by atoms with Crippen LogP contribution in [0.15, 0.2) is 29.6 Å². The van der Waals surface area contributed by atoms with Crippen molar-refractivity contribution < 1.29 is 4.79 Å². The van der Waals surface area contributed by atoms with Crippen LogP contribution in [0.3, 0.4) is 0 Å². The Morgan fingerprint density at radius 1 is 1.39 bits per heavy atom. The van der Waals surface area contributed by atoms with E-state index < -0.39 is 0 Å². The van der Waals surface area contributed by atoms with Gasteiger partial charge in [0.15, 0.2) is 0 Å². The fourth-order valence-electron chi connectivity index (χ4n) is 1.62. The summed E-state index contributed by atoms with van der Waals surface area (Å²) in [7, 11) is 0. The predicted octanol–water partition coefficient (Wildman–Crippen LogP) is 4.05. The van der Waals surface area contributed by atoms with Gasteiger partial charge in [-0.15, -0.1) is 11.3 Å². The van der Waals surface area contributed by atoms with E-state index in [-0.39, 0.29) is 11.3 Å². The third-order valence-corrected chi connectivity index (χ3v) is 5.30. The van der Waals surface area contributed by atoms with Crippen molar-refractivity contribution in [3.8, 4) is 0 Å². The minimum absolute atomic E-state index is 0.0153. The molecule has 0 aliphatic rings. The summed E-state index contributed by atoms with van der Waals surface area (Å²) in [6, 6.07) is 8.00. The zero-order valence-corrected chi connectivity index (χ0v) is 12.9. The van der Waals surface area contributed by atoms with Crippen molar-refractivity contribution in [2.75, 3.05) is 11.9 Å². The largest absolute Gasteiger partial charge is 0.351 e. The van der Waals surface area contributed by atoms with E-state index >= 15 is 0 Å². The molecule has 0 saturated carbocycles. The molecule has 0 spiro atoms. The molecule has 0 radical (unpaired) electrons. The molecule has 0 saturated heterocycles. The predicted molar refractivity (Wildman–Crippen MR) is 81.7 cm³/mol. The minimum atomic E-state index is 0.0153. The maximum absolute atomic E-state index is 12.2. The Bertz CT molecular complexity index is 562. The van der Waals surface area contributed by atoms with Gasteiger partial charge in [-0.1, -0.05) is 48.0 Å². The standard InChI is InChI=1S/C14H16BrNOS/c1-14(2,8-15)9-16-13(17)11-7-18-12-6-4-3-5-10(11)12/h3-7H,8-9H2,1-2H3,(H,16,17). The SMILES string of the molecule is CC(C)(CBr)CNC(=O)c1csc2ccccc12. The molecule has 2 rings (SSSR count). The van der Waals surface area contributed by atoms with Crippen molar-refractivity contribution in [1.29, 1.82) is 0 Å². The molecule has 96 valence electrons. The number of nitrogens with one attached hydrogen (secondary N) is 1. The van der Waals surface area contributed by atoms with Crippen LogP contribution in [-0.4, -0.2) is 17.8 Å². The number of carbonyl (C=O) groups excluding carboxylic acids is 1. The number of fused-ring (bicyclic) bond motifs is 1. The highest BCUT2D eigenvalue weighted by Crippen LogP contribution is 2.25. The zero-order chi connectivity index (χ0) is 13.2. The molecule has 0 aliphatic carbocycles. The molecule has 1 aromatic heterocycles. The maximum Gasteiger partial charge on any atom is 0.252 e. The van der Waals surface area contributed by atoms with Gasteiger partial charge >= 0.3 is 0 Å². The van der Waals surface area contributed by atoms with Gasteiger partial charge in [0.05, 0.1) is 5.56 Å². The van der Waals surface area contributed by atoms with Crippen LogP contribution in [0.2, 0.25) is 0 Å². The van der Waals surface area contributed by atoms with E-state index in [1.165, 1.54) is 0 Å². The third-order valence-electron chi connectivity index (χ3n) is 2.81. The van der Waals surface area contributed by atoms with Crippen molar-refractivity contribution in [2.45, 2.75) is 13.8 Å². The van der Waals surface area contributed by atoms with E-state index in [2.05, 4.69) is 35.1 Å². The molecule has 1 heterocycles. The summed E-state index contributed by atoms with van der Waals surface area (Å²) >= 11 is 5.07. The smallest absolute Gasteiger partial charge is 0.252 e. The molecule has 4 heteroatoms. The minimum Gasteiger partial charge on any atom is -0.351 e. The second-order valence-electron chi connectivity index (χ2n) is 5.13. The Kier molecular flexibility index (Phi) is 4.07. The van der Waals surface area contributed by atoms with Gasteiger partial charge in [-0.25, -0.2) is 0 Å². The summed E-state index contributed by atoms with van der Waals surface area (Å²) in [4.78, 5) is 12.2. The first-order valence-corrected chi connectivity index (χ1v) is 7.84. The molecule has 0 aliphatic heterocycles. The summed E-state index contributed by atoms with van der Waals surface area (Å²) in [6.07, 6.45) is 0. The first-order valence-electron chi connectivity index (χ1n) is 5.84. The molecule has 18 heavy (non-hydrogen) atoms. The molecule has 1 amide bonds. The summed E-state index contributed by atoms with van der Waals surface area (Å²) < 4.78 is 1.16. The maximum atomic E-state index is 12.2. The highest BCUT2D eigenvalue weighted by atomic mass is 79.9. The van der Waals surface area contributed by atoms with E-state index in [9.17, 15) is 4.79 Å². The van der Waals surface area contributed by atoms with E-state index in [4.69, 9.17) is 0 Å². The lowest BCUT2D eigenvalue weighted by molar-refractivity contribution is 0.0942. The van der Waals surface area contributed by atoms with Gasteiger partial charge in [0.25, 0.3) is 5.91 Å². The van der Waals surface area contributed by atoms with Crippen LogP contribution in [0.4, 0.5) is 0 Å². The van der Waals surface area contributed by atoms with Crippen LogP contribution in [0.25, 0.3) is 10.1 Å². The van der Waals surface area contributed by atoms with Crippen molar-refractivity contribution in [2.24, 2.45) is 5.41 Å². The molecule has 0 fully saturated rings. The number of halogens is 1. The van der Waals surface area contributed by atoms with Crippen LogP contribution in [-0.2, 0) is 0 Å². The second kappa shape index (κ2) is 5.41.